The molecule has 2 aromatic rings. The summed E-state index contributed by atoms with van der Waals surface area (Å²) >= 11 is 1.27. The van der Waals surface area contributed by atoms with Crippen LogP contribution in [0.2, 0.25) is 0 Å². The van der Waals surface area contributed by atoms with Gasteiger partial charge < -0.3 is 10.1 Å². The van der Waals surface area contributed by atoms with E-state index in [1.54, 1.807) is 20.1 Å². The molecule has 0 atom stereocenters. The van der Waals surface area contributed by atoms with Crippen LogP contribution >= 0.6 is 11.8 Å². The van der Waals surface area contributed by atoms with Crippen molar-refractivity contribution < 1.29 is 18.7 Å². The largest absolute Gasteiger partial charge is 0.497 e. The second-order valence-electron chi connectivity index (χ2n) is 7.58. The van der Waals surface area contributed by atoms with Crippen molar-refractivity contribution in [3.05, 3.63) is 70.0 Å². The molecule has 0 saturated carbocycles. The van der Waals surface area contributed by atoms with Gasteiger partial charge in [-0.1, -0.05) is 24.8 Å². The van der Waals surface area contributed by atoms with Crippen molar-refractivity contribution >= 4 is 34.2 Å². The van der Waals surface area contributed by atoms with Gasteiger partial charge >= 0.3 is 0 Å². The predicted octanol–water partition coefficient (Wildman–Crippen LogP) is 6.10. The van der Waals surface area contributed by atoms with Crippen molar-refractivity contribution in [1.82, 2.24) is 5.32 Å². The number of methoxy groups -OCH3 is 1. The second kappa shape index (κ2) is 11.1. The Morgan fingerprint density at radius 2 is 1.91 bits per heavy atom. The maximum Gasteiger partial charge on any atom is 0.259 e. The SMILES string of the molecule is CCCC(=O)C1=C(NC(=O)c2ccc(C)cc2F)SC(=Nc2ccc(OC)cc2)CCC1. The molecule has 32 heavy (non-hydrogen) atoms. The lowest BCUT2D eigenvalue weighted by atomic mass is 10.0. The van der Waals surface area contributed by atoms with Crippen molar-refractivity contribution in [1.29, 1.82) is 0 Å². The highest BCUT2D eigenvalue weighted by molar-refractivity contribution is 8.17. The zero-order valence-corrected chi connectivity index (χ0v) is 19.4. The predicted molar refractivity (Wildman–Crippen MR) is 127 cm³/mol. The first-order valence-electron chi connectivity index (χ1n) is 10.6. The molecular formula is C25H27FN2O3S. The molecule has 0 bridgehead atoms. The van der Waals surface area contributed by atoms with Crippen LogP contribution < -0.4 is 10.1 Å². The molecular weight excluding hydrogens is 427 g/mol. The van der Waals surface area contributed by atoms with Gasteiger partial charge in [0.1, 0.15) is 11.6 Å². The first-order valence-corrected chi connectivity index (χ1v) is 11.5. The van der Waals surface area contributed by atoms with Crippen LogP contribution in [0.25, 0.3) is 0 Å². The van der Waals surface area contributed by atoms with Gasteiger partial charge in [-0.05, 0) is 74.6 Å². The fraction of sp³-hybridized carbons (Fsp3) is 0.320. The molecule has 5 nitrogen and oxygen atoms in total. The fourth-order valence-electron chi connectivity index (χ4n) is 3.36. The number of carbonyl (C=O) groups is 2. The van der Waals surface area contributed by atoms with Gasteiger partial charge in [0.15, 0.2) is 5.78 Å². The Morgan fingerprint density at radius 3 is 2.56 bits per heavy atom. The van der Waals surface area contributed by atoms with Gasteiger partial charge in [0.05, 0.1) is 28.4 Å². The number of ketones is 1. The summed E-state index contributed by atoms with van der Waals surface area (Å²) in [5.41, 5.74) is 2.02. The van der Waals surface area contributed by atoms with Crippen molar-refractivity contribution in [3.8, 4) is 5.75 Å². The number of aliphatic imine (C=N–C) groups is 1. The molecule has 0 radical (unpaired) electrons. The molecule has 0 fully saturated rings. The molecule has 1 aliphatic heterocycles. The van der Waals surface area contributed by atoms with Gasteiger partial charge in [0.2, 0.25) is 0 Å². The summed E-state index contributed by atoms with van der Waals surface area (Å²) in [5.74, 6) is -0.416. The number of nitrogens with zero attached hydrogens (tertiary/aromatic N) is 1. The molecule has 0 aliphatic carbocycles. The zero-order valence-electron chi connectivity index (χ0n) is 18.5. The summed E-state index contributed by atoms with van der Waals surface area (Å²) in [4.78, 5) is 30.3. The average Bonchev–Trinajstić information content (AvgIpc) is 2.96. The van der Waals surface area contributed by atoms with E-state index in [-0.39, 0.29) is 11.3 Å². The molecule has 1 amide bonds. The van der Waals surface area contributed by atoms with E-state index >= 15 is 0 Å². The van der Waals surface area contributed by atoms with E-state index < -0.39 is 11.7 Å². The number of carbonyl (C=O) groups excluding carboxylic acids is 2. The van der Waals surface area contributed by atoms with Crippen molar-refractivity contribution in [3.63, 3.8) is 0 Å². The lowest BCUT2D eigenvalue weighted by molar-refractivity contribution is -0.115. The van der Waals surface area contributed by atoms with Crippen LogP contribution in [0.4, 0.5) is 10.1 Å². The first kappa shape index (κ1) is 23.7. The topological polar surface area (TPSA) is 67.8 Å². The molecule has 0 aromatic heterocycles. The Balaban J connectivity index is 1.92. The number of amides is 1. The fourth-order valence-corrected chi connectivity index (χ4v) is 4.48. The number of thioether (sulfide) groups is 1. The third-order valence-electron chi connectivity index (χ3n) is 5.05. The minimum absolute atomic E-state index is 0.00498. The summed E-state index contributed by atoms with van der Waals surface area (Å²) in [6.07, 6.45) is 3.08. The molecule has 168 valence electrons. The molecule has 0 spiro atoms. The van der Waals surface area contributed by atoms with Gasteiger partial charge in [0.25, 0.3) is 5.91 Å². The molecule has 1 heterocycles. The summed E-state index contributed by atoms with van der Waals surface area (Å²) in [6.45, 7) is 3.71. The molecule has 2 aromatic carbocycles. The summed E-state index contributed by atoms with van der Waals surface area (Å²) in [7, 11) is 1.60. The number of benzene rings is 2. The number of nitrogens with one attached hydrogen (secondary N) is 1. The Kier molecular flexibility index (Phi) is 8.22. The van der Waals surface area contributed by atoms with Crippen LogP contribution in [0.15, 0.2) is 58.1 Å². The van der Waals surface area contributed by atoms with Crippen molar-refractivity contribution in [2.24, 2.45) is 4.99 Å². The number of Topliss-reactive ketones (excluding diaryl/α,β-unsaturated/α-hetero) is 1. The molecule has 1 aliphatic rings. The van der Waals surface area contributed by atoms with Crippen LogP contribution in [0.3, 0.4) is 0 Å². The van der Waals surface area contributed by atoms with E-state index in [1.807, 2.05) is 31.2 Å². The summed E-state index contributed by atoms with van der Waals surface area (Å²) in [6, 6.07) is 11.8. The molecule has 1 N–H and O–H groups in total. The Morgan fingerprint density at radius 1 is 1.16 bits per heavy atom. The number of halogens is 1. The van der Waals surface area contributed by atoms with Crippen LogP contribution in [0.1, 0.15) is 54.9 Å². The van der Waals surface area contributed by atoms with Gasteiger partial charge in [-0.15, -0.1) is 0 Å². The van der Waals surface area contributed by atoms with Crippen LogP contribution in [0, 0.1) is 12.7 Å². The summed E-state index contributed by atoms with van der Waals surface area (Å²) in [5, 5.41) is 4.03. The second-order valence-corrected chi connectivity index (χ2v) is 8.66. The smallest absolute Gasteiger partial charge is 0.259 e. The van der Waals surface area contributed by atoms with Crippen molar-refractivity contribution in [2.75, 3.05) is 7.11 Å². The number of hydrogen-bond donors (Lipinski definition) is 1. The van der Waals surface area contributed by atoms with Crippen LogP contribution in [-0.4, -0.2) is 23.8 Å². The van der Waals surface area contributed by atoms with E-state index in [0.29, 0.717) is 36.3 Å². The van der Waals surface area contributed by atoms with Gasteiger partial charge in [0, 0.05) is 12.0 Å². The third kappa shape index (κ3) is 6.07. The number of allylic oxidation sites excluding steroid dienone is 1. The quantitative estimate of drug-likeness (QED) is 0.549. The average molecular weight is 455 g/mol. The Bertz CT molecular complexity index is 1060. The minimum atomic E-state index is -0.588. The van der Waals surface area contributed by atoms with E-state index in [2.05, 4.69) is 5.32 Å². The molecule has 7 heteroatoms. The Labute approximate surface area is 192 Å². The van der Waals surface area contributed by atoms with Crippen LogP contribution in [-0.2, 0) is 4.79 Å². The lowest BCUT2D eigenvalue weighted by Gasteiger charge is -2.14. The maximum absolute atomic E-state index is 14.4. The van der Waals surface area contributed by atoms with Crippen LogP contribution in [0.5, 0.6) is 5.75 Å². The van der Waals surface area contributed by atoms with E-state index in [4.69, 9.17) is 9.73 Å². The number of aryl methyl sites for hydroxylation is 1. The molecule has 0 unspecified atom stereocenters. The molecule has 0 saturated heterocycles. The number of hydrogen-bond acceptors (Lipinski definition) is 5. The summed E-state index contributed by atoms with van der Waals surface area (Å²) < 4.78 is 19.5. The normalized spacial score (nSPS) is 15.4. The van der Waals surface area contributed by atoms with Gasteiger partial charge in [-0.3, -0.25) is 9.59 Å². The Hall–Kier alpha value is -2.93. The first-order chi connectivity index (χ1) is 15.4. The monoisotopic (exact) mass is 454 g/mol. The standard InChI is InChI=1S/C25H27FN2O3S/c1-4-6-22(29)20-7-5-8-23(27-17-10-12-18(31-3)13-11-17)32-25(20)28-24(30)19-14-9-16(2)15-21(19)26/h9-15H,4-8H2,1-3H3,(H,28,30). The van der Waals surface area contributed by atoms with E-state index in [9.17, 15) is 14.0 Å². The molecule has 3 rings (SSSR count). The van der Waals surface area contributed by atoms with Gasteiger partial charge in [-0.25, -0.2) is 9.38 Å². The highest BCUT2D eigenvalue weighted by atomic mass is 32.2. The number of rotatable bonds is 7. The zero-order chi connectivity index (χ0) is 23.1. The van der Waals surface area contributed by atoms with E-state index in [1.165, 1.54) is 23.9 Å². The number of ether oxygens (including phenoxy) is 1. The van der Waals surface area contributed by atoms with E-state index in [0.717, 1.165) is 28.5 Å². The third-order valence-corrected chi connectivity index (χ3v) is 6.13. The maximum atomic E-state index is 14.4. The minimum Gasteiger partial charge on any atom is -0.497 e. The van der Waals surface area contributed by atoms with Crippen molar-refractivity contribution in [2.45, 2.75) is 46.0 Å². The highest BCUT2D eigenvalue weighted by Crippen LogP contribution is 2.33. The lowest BCUT2D eigenvalue weighted by Crippen LogP contribution is -2.25. The van der Waals surface area contributed by atoms with Gasteiger partial charge in [-0.2, -0.15) is 0 Å². The highest BCUT2D eigenvalue weighted by Gasteiger charge is 2.24.